The maximum absolute atomic E-state index is 12.1. The first-order chi connectivity index (χ1) is 8.31. The molecule has 86 valence electrons. The summed E-state index contributed by atoms with van der Waals surface area (Å²) in [5, 5.41) is 0. The van der Waals surface area contributed by atoms with Crippen LogP contribution in [-0.2, 0) is 0 Å². The minimum Gasteiger partial charge on any atom is -0.492 e. The second kappa shape index (κ2) is 5.25. The Balaban J connectivity index is 2.28. The molecule has 0 aliphatic heterocycles. The van der Waals surface area contributed by atoms with Crippen LogP contribution >= 0.6 is 0 Å². The van der Waals surface area contributed by atoms with Crippen molar-refractivity contribution < 1.29 is 9.53 Å². The van der Waals surface area contributed by atoms with E-state index >= 15 is 0 Å². The van der Waals surface area contributed by atoms with Gasteiger partial charge >= 0.3 is 0 Å². The van der Waals surface area contributed by atoms with Crippen LogP contribution in [0.25, 0.3) is 0 Å². The zero-order valence-corrected chi connectivity index (χ0v) is 9.59. The molecule has 0 aliphatic rings. The highest BCUT2D eigenvalue weighted by molar-refractivity contribution is 6.08. The lowest BCUT2D eigenvalue weighted by Crippen LogP contribution is -2.02. The van der Waals surface area contributed by atoms with E-state index < -0.39 is 0 Å². The minimum atomic E-state index is -0.0420. The van der Waals surface area contributed by atoms with E-state index in [0.717, 1.165) is 0 Å². The predicted molar refractivity (Wildman–Crippen MR) is 65.3 cm³/mol. The summed E-state index contributed by atoms with van der Waals surface area (Å²) >= 11 is 0. The number of hydrogen-bond acceptors (Lipinski definition) is 3. The molecule has 1 aromatic carbocycles. The van der Waals surface area contributed by atoms with E-state index in [2.05, 4.69) is 4.98 Å². The Hall–Kier alpha value is -2.16. The topological polar surface area (TPSA) is 39.2 Å². The van der Waals surface area contributed by atoms with E-state index in [1.54, 1.807) is 30.6 Å². The van der Waals surface area contributed by atoms with Crippen molar-refractivity contribution in [2.45, 2.75) is 6.92 Å². The number of aromatic nitrogens is 1. The van der Waals surface area contributed by atoms with Crippen LogP contribution in [0.15, 0.2) is 48.8 Å². The molecular formula is C14H13NO2. The highest BCUT2D eigenvalue weighted by atomic mass is 16.5. The summed E-state index contributed by atoms with van der Waals surface area (Å²) < 4.78 is 5.32. The van der Waals surface area contributed by atoms with Crippen molar-refractivity contribution in [3.63, 3.8) is 0 Å². The van der Waals surface area contributed by atoms with E-state index in [1.807, 2.05) is 25.1 Å². The molecule has 3 nitrogen and oxygen atoms in total. The highest BCUT2D eigenvalue weighted by Gasteiger charge is 2.09. The van der Waals surface area contributed by atoms with Gasteiger partial charge < -0.3 is 4.74 Å². The van der Waals surface area contributed by atoms with Gasteiger partial charge in [-0.25, -0.2) is 0 Å². The van der Waals surface area contributed by atoms with Gasteiger partial charge in [-0.05, 0) is 13.0 Å². The van der Waals surface area contributed by atoms with Gasteiger partial charge in [0.25, 0.3) is 0 Å². The second-order valence-electron chi connectivity index (χ2n) is 3.54. The van der Waals surface area contributed by atoms with Crippen LogP contribution in [0.4, 0.5) is 0 Å². The minimum absolute atomic E-state index is 0.0420. The molecule has 0 atom stereocenters. The molecule has 0 fully saturated rings. The Morgan fingerprint density at radius 1 is 1.18 bits per heavy atom. The molecule has 0 saturated heterocycles. The van der Waals surface area contributed by atoms with E-state index in [1.165, 1.54) is 0 Å². The third-order valence-corrected chi connectivity index (χ3v) is 2.32. The van der Waals surface area contributed by atoms with Gasteiger partial charge in [-0.3, -0.25) is 9.78 Å². The fourth-order valence-electron chi connectivity index (χ4n) is 1.54. The van der Waals surface area contributed by atoms with Gasteiger partial charge in [-0.2, -0.15) is 0 Å². The highest BCUT2D eigenvalue weighted by Crippen LogP contribution is 2.14. The van der Waals surface area contributed by atoms with E-state index in [0.29, 0.717) is 23.5 Å². The van der Waals surface area contributed by atoms with Crippen molar-refractivity contribution in [2.24, 2.45) is 0 Å². The number of ether oxygens (including phenoxy) is 1. The van der Waals surface area contributed by atoms with Crippen molar-refractivity contribution >= 4 is 5.78 Å². The molecule has 0 spiro atoms. The average Bonchev–Trinajstić information content (AvgIpc) is 2.40. The van der Waals surface area contributed by atoms with Gasteiger partial charge in [-0.1, -0.05) is 30.3 Å². The van der Waals surface area contributed by atoms with Gasteiger partial charge in [0, 0.05) is 17.3 Å². The first-order valence-electron chi connectivity index (χ1n) is 5.49. The molecule has 1 aromatic heterocycles. The van der Waals surface area contributed by atoms with Gasteiger partial charge in [0.05, 0.1) is 12.8 Å². The molecule has 0 radical (unpaired) electrons. The summed E-state index contributed by atoms with van der Waals surface area (Å²) in [5.41, 5.74) is 1.20. The first-order valence-corrected chi connectivity index (χ1v) is 5.49. The van der Waals surface area contributed by atoms with Crippen molar-refractivity contribution in [1.82, 2.24) is 4.98 Å². The zero-order chi connectivity index (χ0) is 12.1. The third-order valence-electron chi connectivity index (χ3n) is 2.32. The Morgan fingerprint density at radius 2 is 1.94 bits per heavy atom. The number of carbonyl (C=O) groups excluding carboxylic acids is 1. The summed E-state index contributed by atoms with van der Waals surface area (Å²) in [6, 6.07) is 10.9. The van der Waals surface area contributed by atoms with Crippen molar-refractivity contribution in [3.8, 4) is 5.75 Å². The number of pyridine rings is 1. The number of ketones is 1. The van der Waals surface area contributed by atoms with Gasteiger partial charge in [0.15, 0.2) is 5.78 Å². The molecular weight excluding hydrogens is 214 g/mol. The molecule has 0 saturated carbocycles. The Bertz CT molecular complexity index is 509. The van der Waals surface area contributed by atoms with E-state index in [4.69, 9.17) is 4.74 Å². The average molecular weight is 227 g/mol. The lowest BCUT2D eigenvalue weighted by atomic mass is 10.1. The zero-order valence-electron chi connectivity index (χ0n) is 9.59. The summed E-state index contributed by atoms with van der Waals surface area (Å²) in [4.78, 5) is 16.1. The standard InChI is InChI=1S/C14H13NO2/c1-2-17-13-8-12(9-15-10-13)14(16)11-6-4-3-5-7-11/h3-10H,2H2,1H3. The molecule has 2 rings (SSSR count). The molecule has 0 N–H and O–H groups in total. The van der Waals surface area contributed by atoms with E-state index in [9.17, 15) is 4.79 Å². The smallest absolute Gasteiger partial charge is 0.194 e. The maximum Gasteiger partial charge on any atom is 0.194 e. The molecule has 0 amide bonds. The molecule has 3 heteroatoms. The third kappa shape index (κ3) is 2.69. The lowest BCUT2D eigenvalue weighted by molar-refractivity contribution is 0.103. The summed E-state index contributed by atoms with van der Waals surface area (Å²) in [7, 11) is 0. The Kier molecular flexibility index (Phi) is 3.50. The maximum atomic E-state index is 12.1. The molecule has 0 aliphatic carbocycles. The molecule has 17 heavy (non-hydrogen) atoms. The molecule has 0 bridgehead atoms. The van der Waals surface area contributed by atoms with Crippen molar-refractivity contribution in [3.05, 3.63) is 59.9 Å². The van der Waals surface area contributed by atoms with Crippen LogP contribution < -0.4 is 4.74 Å². The fourth-order valence-corrected chi connectivity index (χ4v) is 1.54. The number of rotatable bonds is 4. The SMILES string of the molecule is CCOc1cncc(C(=O)c2ccccc2)c1. The monoisotopic (exact) mass is 227 g/mol. The Labute approximate surface area is 100 Å². The van der Waals surface area contributed by atoms with Crippen LogP contribution in [0.3, 0.4) is 0 Å². The van der Waals surface area contributed by atoms with Gasteiger partial charge in [0.2, 0.25) is 0 Å². The normalized spacial score (nSPS) is 9.94. The van der Waals surface area contributed by atoms with Gasteiger partial charge in [-0.15, -0.1) is 0 Å². The number of carbonyl (C=O) groups is 1. The van der Waals surface area contributed by atoms with Crippen molar-refractivity contribution in [1.29, 1.82) is 0 Å². The summed E-state index contributed by atoms with van der Waals surface area (Å²) in [5.74, 6) is 0.578. The lowest BCUT2D eigenvalue weighted by Gasteiger charge is -2.04. The van der Waals surface area contributed by atoms with Crippen LogP contribution in [0, 0.1) is 0 Å². The molecule has 2 aromatic rings. The van der Waals surface area contributed by atoms with Crippen LogP contribution in [-0.4, -0.2) is 17.4 Å². The Morgan fingerprint density at radius 3 is 2.65 bits per heavy atom. The molecule has 1 heterocycles. The second-order valence-corrected chi connectivity index (χ2v) is 3.54. The van der Waals surface area contributed by atoms with Crippen LogP contribution in [0.5, 0.6) is 5.75 Å². The van der Waals surface area contributed by atoms with Gasteiger partial charge in [0.1, 0.15) is 5.75 Å². The fraction of sp³-hybridized carbons (Fsp3) is 0.143. The number of nitrogens with zero attached hydrogens (tertiary/aromatic N) is 1. The summed E-state index contributed by atoms with van der Waals surface area (Å²) in [6.07, 6.45) is 3.16. The van der Waals surface area contributed by atoms with E-state index in [-0.39, 0.29) is 5.78 Å². The quantitative estimate of drug-likeness (QED) is 0.754. The van der Waals surface area contributed by atoms with Crippen LogP contribution in [0.2, 0.25) is 0 Å². The predicted octanol–water partition coefficient (Wildman–Crippen LogP) is 2.71. The molecule has 0 unspecified atom stereocenters. The first kappa shape index (κ1) is 11.3. The van der Waals surface area contributed by atoms with Crippen molar-refractivity contribution in [2.75, 3.05) is 6.61 Å². The number of benzene rings is 1. The number of hydrogen-bond donors (Lipinski definition) is 0. The largest absolute Gasteiger partial charge is 0.492 e. The summed E-state index contributed by atoms with van der Waals surface area (Å²) in [6.45, 7) is 2.45. The van der Waals surface area contributed by atoms with Crippen LogP contribution in [0.1, 0.15) is 22.8 Å².